The van der Waals surface area contributed by atoms with Gasteiger partial charge in [-0.1, -0.05) is 34.8 Å². The van der Waals surface area contributed by atoms with E-state index >= 15 is 0 Å². The van der Waals surface area contributed by atoms with Crippen molar-refractivity contribution < 1.29 is 0 Å². The molecule has 0 saturated carbocycles. The molecular formula is C13H16Cl3N3. The minimum absolute atomic E-state index is 0.323. The number of aromatic nitrogens is 1. The highest BCUT2D eigenvalue weighted by Gasteiger charge is 2.35. The summed E-state index contributed by atoms with van der Waals surface area (Å²) in [7, 11) is 2.22. The first-order chi connectivity index (χ1) is 9.06. The summed E-state index contributed by atoms with van der Waals surface area (Å²) >= 11 is 18.2. The molecule has 1 aromatic rings. The van der Waals surface area contributed by atoms with E-state index in [9.17, 15) is 0 Å². The number of nitrogens with zero attached hydrogens (tertiary/aromatic N) is 3. The van der Waals surface area contributed by atoms with Crippen molar-refractivity contribution in [2.45, 2.75) is 31.3 Å². The molecule has 6 heteroatoms. The lowest BCUT2D eigenvalue weighted by atomic mass is 10.1. The van der Waals surface area contributed by atoms with Crippen molar-refractivity contribution >= 4 is 40.6 Å². The maximum Gasteiger partial charge on any atom is 0.150 e. The van der Waals surface area contributed by atoms with Crippen molar-refractivity contribution in [2.24, 2.45) is 0 Å². The molecule has 2 fully saturated rings. The zero-order chi connectivity index (χ0) is 13.6. The van der Waals surface area contributed by atoms with Gasteiger partial charge in [-0.2, -0.15) is 0 Å². The fraction of sp³-hybridized carbons (Fsp3) is 0.615. The topological polar surface area (TPSA) is 19.4 Å². The minimum Gasteiger partial charge on any atom is -0.354 e. The highest BCUT2D eigenvalue weighted by atomic mass is 35.5. The molecule has 0 aliphatic carbocycles. The highest BCUT2D eigenvalue weighted by molar-refractivity contribution is 6.42. The Labute approximate surface area is 128 Å². The molecule has 0 N–H and O–H groups in total. The van der Waals surface area contributed by atoms with Crippen molar-refractivity contribution in [3.8, 4) is 0 Å². The summed E-state index contributed by atoms with van der Waals surface area (Å²) in [5.41, 5.74) is 0. The summed E-state index contributed by atoms with van der Waals surface area (Å²) in [6.07, 6.45) is 3.69. The van der Waals surface area contributed by atoms with Gasteiger partial charge in [0.1, 0.15) is 11.0 Å². The lowest BCUT2D eigenvalue weighted by Gasteiger charge is -2.27. The van der Waals surface area contributed by atoms with Gasteiger partial charge < -0.3 is 4.90 Å². The number of pyridine rings is 1. The molecule has 2 aliphatic heterocycles. The molecule has 1 aromatic heterocycles. The van der Waals surface area contributed by atoms with Crippen LogP contribution in [0, 0.1) is 0 Å². The van der Waals surface area contributed by atoms with Crippen molar-refractivity contribution in [3.63, 3.8) is 0 Å². The van der Waals surface area contributed by atoms with Gasteiger partial charge in [0.15, 0.2) is 0 Å². The van der Waals surface area contributed by atoms with Crippen molar-refractivity contribution in [2.75, 3.05) is 25.0 Å². The van der Waals surface area contributed by atoms with E-state index in [1.807, 2.05) is 0 Å². The van der Waals surface area contributed by atoms with Crippen LogP contribution in [0.2, 0.25) is 15.2 Å². The van der Waals surface area contributed by atoms with Crippen LogP contribution in [0.5, 0.6) is 0 Å². The maximum atomic E-state index is 6.27. The third kappa shape index (κ3) is 2.54. The number of anilines is 1. The monoisotopic (exact) mass is 319 g/mol. The molecule has 2 atom stereocenters. The molecule has 3 rings (SSSR count). The zero-order valence-corrected chi connectivity index (χ0v) is 13.0. The Morgan fingerprint density at radius 3 is 2.63 bits per heavy atom. The molecular weight excluding hydrogens is 305 g/mol. The molecule has 3 nitrogen and oxygen atoms in total. The van der Waals surface area contributed by atoms with E-state index in [0.29, 0.717) is 27.3 Å². The molecule has 0 spiro atoms. The van der Waals surface area contributed by atoms with Crippen LogP contribution in [0.15, 0.2) is 6.07 Å². The number of halogens is 3. The lowest BCUT2D eigenvalue weighted by Crippen LogP contribution is -2.37. The number of hydrogen-bond donors (Lipinski definition) is 0. The molecule has 0 amide bonds. The summed E-state index contributed by atoms with van der Waals surface area (Å²) in [5, 5.41) is 1.31. The molecule has 2 aliphatic rings. The second-order valence-corrected chi connectivity index (χ2v) is 6.52. The van der Waals surface area contributed by atoms with Crippen LogP contribution in [-0.2, 0) is 0 Å². The van der Waals surface area contributed by atoms with Crippen molar-refractivity contribution in [1.82, 2.24) is 9.88 Å². The second-order valence-electron chi connectivity index (χ2n) is 5.35. The second kappa shape index (κ2) is 5.28. The van der Waals surface area contributed by atoms with Gasteiger partial charge >= 0.3 is 0 Å². The van der Waals surface area contributed by atoms with E-state index in [2.05, 4.69) is 21.8 Å². The Bertz CT molecular complexity index is 494. The minimum atomic E-state index is 0.323. The summed E-state index contributed by atoms with van der Waals surface area (Å²) in [6.45, 7) is 1.92. The average molecular weight is 321 g/mol. The first-order valence-corrected chi connectivity index (χ1v) is 7.68. The normalized spacial score (nSPS) is 27.7. The van der Waals surface area contributed by atoms with Crippen LogP contribution >= 0.6 is 34.8 Å². The van der Waals surface area contributed by atoms with E-state index in [0.717, 1.165) is 25.3 Å². The van der Waals surface area contributed by atoms with Crippen molar-refractivity contribution in [1.29, 1.82) is 0 Å². The van der Waals surface area contributed by atoms with Crippen LogP contribution in [-0.4, -0.2) is 42.1 Å². The standard InChI is InChI=1S/C13H16Cl3N3/c1-18-8-2-3-9(18)7-19(5-4-8)13-11(15)6-10(14)12(16)17-13/h6,8-9H,2-5,7H2,1H3. The molecule has 0 aromatic carbocycles. The lowest BCUT2D eigenvalue weighted by molar-refractivity contribution is 0.254. The Balaban J connectivity index is 1.89. The van der Waals surface area contributed by atoms with Gasteiger partial charge in [-0.25, -0.2) is 4.98 Å². The predicted octanol–water partition coefficient (Wildman–Crippen LogP) is 3.71. The van der Waals surface area contributed by atoms with Gasteiger partial charge in [0.2, 0.25) is 0 Å². The molecule has 104 valence electrons. The molecule has 2 saturated heterocycles. The molecule has 0 radical (unpaired) electrons. The Morgan fingerprint density at radius 2 is 1.84 bits per heavy atom. The van der Waals surface area contributed by atoms with Gasteiger partial charge in [-0.3, -0.25) is 4.90 Å². The largest absolute Gasteiger partial charge is 0.354 e. The van der Waals surface area contributed by atoms with Gasteiger partial charge in [-0.15, -0.1) is 0 Å². The average Bonchev–Trinajstić information content (AvgIpc) is 2.59. The number of likely N-dealkylation sites (N-methyl/N-ethyl adjacent to an activating group) is 1. The Morgan fingerprint density at radius 1 is 1.11 bits per heavy atom. The highest BCUT2D eigenvalue weighted by Crippen LogP contribution is 2.35. The fourth-order valence-electron chi connectivity index (χ4n) is 3.16. The number of fused-ring (bicyclic) bond motifs is 2. The van der Waals surface area contributed by atoms with E-state index in [-0.39, 0.29) is 0 Å². The van der Waals surface area contributed by atoms with Gasteiger partial charge in [0.25, 0.3) is 0 Å². The first-order valence-electron chi connectivity index (χ1n) is 6.54. The van der Waals surface area contributed by atoms with Gasteiger partial charge in [0.05, 0.1) is 10.0 Å². The number of rotatable bonds is 1. The molecule has 2 unspecified atom stereocenters. The maximum absolute atomic E-state index is 6.27. The summed E-state index contributed by atoms with van der Waals surface area (Å²) in [6, 6.07) is 2.96. The molecule has 2 bridgehead atoms. The number of hydrogen-bond acceptors (Lipinski definition) is 3. The van der Waals surface area contributed by atoms with Crippen LogP contribution in [0.25, 0.3) is 0 Å². The fourth-order valence-corrected chi connectivity index (χ4v) is 3.77. The van der Waals surface area contributed by atoms with E-state index in [1.165, 1.54) is 12.8 Å². The first kappa shape index (κ1) is 13.7. The molecule has 19 heavy (non-hydrogen) atoms. The third-order valence-electron chi connectivity index (χ3n) is 4.32. The Kier molecular flexibility index (Phi) is 3.82. The SMILES string of the molecule is CN1C2CCC1CN(c1nc(Cl)c(Cl)cc1Cl)CC2. The smallest absolute Gasteiger partial charge is 0.150 e. The van der Waals surface area contributed by atoms with E-state index in [4.69, 9.17) is 34.8 Å². The summed E-state index contributed by atoms with van der Waals surface area (Å²) in [4.78, 5) is 9.09. The summed E-state index contributed by atoms with van der Waals surface area (Å²) in [5.74, 6) is 0.761. The predicted molar refractivity (Wildman–Crippen MR) is 80.7 cm³/mol. The van der Waals surface area contributed by atoms with Gasteiger partial charge in [0, 0.05) is 25.2 Å². The van der Waals surface area contributed by atoms with Gasteiger partial charge in [-0.05, 0) is 32.4 Å². The van der Waals surface area contributed by atoms with E-state index < -0.39 is 0 Å². The van der Waals surface area contributed by atoms with E-state index in [1.54, 1.807) is 6.07 Å². The third-order valence-corrected chi connectivity index (χ3v) is 5.27. The van der Waals surface area contributed by atoms with Crippen molar-refractivity contribution in [3.05, 3.63) is 21.3 Å². The van der Waals surface area contributed by atoms with Crippen LogP contribution in [0.3, 0.4) is 0 Å². The summed E-state index contributed by atoms with van der Waals surface area (Å²) < 4.78 is 0. The molecule has 3 heterocycles. The zero-order valence-electron chi connectivity index (χ0n) is 10.7. The van der Waals surface area contributed by atoms with Crippen LogP contribution in [0.4, 0.5) is 5.82 Å². The van der Waals surface area contributed by atoms with Crippen LogP contribution in [0.1, 0.15) is 19.3 Å². The van der Waals surface area contributed by atoms with Crippen LogP contribution < -0.4 is 4.90 Å². The quantitative estimate of drug-likeness (QED) is 0.735. The Hall–Kier alpha value is -0.220.